The summed E-state index contributed by atoms with van der Waals surface area (Å²) in [6.07, 6.45) is 4.06. The lowest BCUT2D eigenvalue weighted by Crippen LogP contribution is -2.31. The predicted molar refractivity (Wildman–Crippen MR) is 150 cm³/mol. The zero-order valence-electron chi connectivity index (χ0n) is 17.6. The van der Waals surface area contributed by atoms with Crippen LogP contribution < -0.4 is 5.63 Å². The Morgan fingerprint density at radius 1 is 0.758 bits per heavy atom. The molecule has 0 atom stereocenters. The minimum atomic E-state index is -0.754. The van der Waals surface area contributed by atoms with Crippen LogP contribution in [0.3, 0.4) is 0 Å². The van der Waals surface area contributed by atoms with Crippen molar-refractivity contribution >= 4 is 78.0 Å². The molecule has 0 amide bonds. The molecule has 2 N–H and O–H groups in total. The molecule has 33 heavy (non-hydrogen) atoms. The Morgan fingerprint density at radius 2 is 1.33 bits per heavy atom. The number of hydrogen-bond acceptors (Lipinski definition) is 2. The number of fused-ring (bicyclic) bond motifs is 3. The molecule has 0 spiro atoms. The number of para-hydroxylation sites is 1. The first-order valence-corrected chi connectivity index (χ1v) is 12.7. The normalized spacial score (nSPS) is 12.2. The van der Waals surface area contributed by atoms with E-state index in [0.717, 1.165) is 45.5 Å². The van der Waals surface area contributed by atoms with Crippen LogP contribution in [0.4, 0.5) is 0 Å². The summed E-state index contributed by atoms with van der Waals surface area (Å²) in [4.78, 5) is 20.3. The number of benzene rings is 3. The lowest BCUT2D eigenvalue weighted by molar-refractivity contribution is 0.530. The number of aromatic amines is 2. The fraction of sp³-hybridized carbons (Fsp3) is 0.0741. The van der Waals surface area contributed by atoms with Gasteiger partial charge < -0.3 is 14.4 Å². The first kappa shape index (κ1) is 21.0. The minimum Gasteiger partial charge on any atom is -0.422 e. The Morgan fingerprint density at radius 3 is 1.94 bits per heavy atom. The van der Waals surface area contributed by atoms with Gasteiger partial charge in [0.1, 0.15) is 5.58 Å². The summed E-state index contributed by atoms with van der Waals surface area (Å²) in [5, 5.41) is 3.09. The number of halogens is 2. The van der Waals surface area contributed by atoms with Crippen molar-refractivity contribution in [3.8, 4) is 0 Å². The molecule has 0 saturated carbocycles. The highest BCUT2D eigenvalue weighted by Gasteiger charge is 2.38. The summed E-state index contributed by atoms with van der Waals surface area (Å²) >= 11 is 4.67. The summed E-state index contributed by atoms with van der Waals surface area (Å²) in [6.45, 7) is 2.12. The number of rotatable bonds is 3. The fourth-order valence-electron chi connectivity index (χ4n) is 4.86. The van der Waals surface area contributed by atoms with Gasteiger partial charge in [-0.1, -0.05) is 18.2 Å². The van der Waals surface area contributed by atoms with Crippen LogP contribution in [0.25, 0.3) is 32.8 Å². The molecule has 0 aliphatic heterocycles. The minimum absolute atomic E-state index is 0.323. The summed E-state index contributed by atoms with van der Waals surface area (Å²) in [6, 6.07) is 22.3. The summed E-state index contributed by atoms with van der Waals surface area (Å²) in [7, 11) is 0. The molecular formula is C27H18I2N2O2. The summed E-state index contributed by atoms with van der Waals surface area (Å²) in [5.41, 5.74) is 4.28. The van der Waals surface area contributed by atoms with Gasteiger partial charge in [0.05, 0.1) is 11.0 Å². The molecule has 3 aromatic carbocycles. The van der Waals surface area contributed by atoms with Crippen molar-refractivity contribution in [3.63, 3.8) is 0 Å². The smallest absolute Gasteiger partial charge is 0.340 e. The van der Waals surface area contributed by atoms with Crippen LogP contribution >= 0.6 is 45.2 Å². The standard InChI is InChI=1S/C27H18I2N2O2/c1-27(21-13-30-23-8-6-16(28)11-18(21)23,22-14-31-24-9-7-17(29)12-19(22)24)20-10-15-4-2-3-5-25(15)33-26(20)32/h2-14,30-31H,1H3. The van der Waals surface area contributed by atoms with Gasteiger partial charge in [-0.15, -0.1) is 0 Å². The molecule has 3 heterocycles. The Kier molecular flexibility index (Phi) is 4.91. The van der Waals surface area contributed by atoms with Gasteiger partial charge in [0.25, 0.3) is 0 Å². The second-order valence-corrected chi connectivity index (χ2v) is 10.9. The van der Waals surface area contributed by atoms with Crippen LogP contribution in [-0.2, 0) is 5.41 Å². The van der Waals surface area contributed by atoms with Gasteiger partial charge in [-0.3, -0.25) is 0 Å². The Balaban J connectivity index is 1.76. The van der Waals surface area contributed by atoms with Crippen molar-refractivity contribution in [3.05, 3.63) is 113 Å². The van der Waals surface area contributed by atoms with Gasteiger partial charge in [0.15, 0.2) is 0 Å². The first-order valence-electron chi connectivity index (χ1n) is 10.5. The number of aromatic nitrogens is 2. The number of nitrogens with one attached hydrogen (secondary N) is 2. The number of H-pyrrole nitrogens is 2. The molecule has 6 aromatic rings. The molecule has 0 bridgehead atoms. The van der Waals surface area contributed by atoms with Crippen molar-refractivity contribution in [2.24, 2.45) is 0 Å². The van der Waals surface area contributed by atoms with Gasteiger partial charge in [-0.2, -0.15) is 0 Å². The quantitative estimate of drug-likeness (QED) is 0.155. The van der Waals surface area contributed by atoms with Gasteiger partial charge in [-0.25, -0.2) is 4.79 Å². The van der Waals surface area contributed by atoms with Gasteiger partial charge in [-0.05, 0) is 112 Å². The monoisotopic (exact) mass is 656 g/mol. The summed E-state index contributed by atoms with van der Waals surface area (Å²) in [5.74, 6) is 0. The van der Waals surface area contributed by atoms with Crippen LogP contribution in [0.1, 0.15) is 23.6 Å². The molecular weight excluding hydrogens is 638 g/mol. The van der Waals surface area contributed by atoms with Gasteiger partial charge >= 0.3 is 5.63 Å². The molecule has 0 saturated heterocycles. The molecule has 4 nitrogen and oxygen atoms in total. The van der Waals surface area contributed by atoms with E-state index in [0.29, 0.717) is 11.1 Å². The molecule has 6 heteroatoms. The van der Waals surface area contributed by atoms with E-state index >= 15 is 0 Å². The highest BCUT2D eigenvalue weighted by Crippen LogP contribution is 2.44. The van der Waals surface area contributed by atoms with Crippen molar-refractivity contribution in [2.75, 3.05) is 0 Å². The zero-order valence-corrected chi connectivity index (χ0v) is 21.9. The maximum atomic E-state index is 13.5. The average Bonchev–Trinajstić information content (AvgIpc) is 3.42. The van der Waals surface area contributed by atoms with E-state index in [1.165, 1.54) is 0 Å². The molecule has 0 aliphatic rings. The Hall–Kier alpha value is -2.59. The summed E-state index contributed by atoms with van der Waals surface area (Å²) < 4.78 is 8.11. The van der Waals surface area contributed by atoms with Crippen molar-refractivity contribution in [2.45, 2.75) is 12.3 Å². The lowest BCUT2D eigenvalue weighted by atomic mass is 9.71. The molecule has 3 aromatic heterocycles. The number of hydrogen-bond donors (Lipinski definition) is 2. The SMILES string of the molecule is CC(c1cc2ccccc2oc1=O)(c1c[nH]c2ccc(I)cc12)c1c[nH]c2ccc(I)cc12. The maximum Gasteiger partial charge on any atom is 0.340 e. The first-order chi connectivity index (χ1) is 15.9. The molecule has 0 fully saturated rings. The lowest BCUT2D eigenvalue weighted by Gasteiger charge is -2.29. The second kappa shape index (κ2) is 7.73. The molecule has 162 valence electrons. The largest absolute Gasteiger partial charge is 0.422 e. The van der Waals surface area contributed by atoms with Gasteiger partial charge in [0.2, 0.25) is 0 Å². The highest BCUT2D eigenvalue weighted by molar-refractivity contribution is 14.1. The molecule has 0 unspecified atom stereocenters. The van der Waals surface area contributed by atoms with E-state index in [1.54, 1.807) is 0 Å². The van der Waals surface area contributed by atoms with Crippen molar-refractivity contribution in [1.82, 2.24) is 9.97 Å². The van der Waals surface area contributed by atoms with E-state index in [1.807, 2.05) is 42.7 Å². The molecule has 0 aliphatic carbocycles. The Labute approximate surface area is 216 Å². The van der Waals surface area contributed by atoms with E-state index in [4.69, 9.17) is 4.42 Å². The van der Waals surface area contributed by atoms with Crippen LogP contribution in [0, 0.1) is 7.14 Å². The maximum absolute atomic E-state index is 13.5. The van der Waals surface area contributed by atoms with Crippen molar-refractivity contribution in [1.29, 1.82) is 0 Å². The van der Waals surface area contributed by atoms with E-state index in [2.05, 4.69) is 98.5 Å². The van der Waals surface area contributed by atoms with Crippen LogP contribution in [0.15, 0.2) is 88.3 Å². The van der Waals surface area contributed by atoms with E-state index in [-0.39, 0.29) is 5.63 Å². The topological polar surface area (TPSA) is 61.8 Å². The van der Waals surface area contributed by atoms with Crippen molar-refractivity contribution < 1.29 is 4.42 Å². The van der Waals surface area contributed by atoms with Gasteiger partial charge in [0, 0.05) is 46.7 Å². The van der Waals surface area contributed by atoms with E-state index in [9.17, 15) is 4.79 Å². The van der Waals surface area contributed by atoms with Crippen LogP contribution in [0.2, 0.25) is 0 Å². The third-order valence-electron chi connectivity index (χ3n) is 6.55. The third kappa shape index (κ3) is 3.25. The van der Waals surface area contributed by atoms with E-state index < -0.39 is 5.41 Å². The average molecular weight is 656 g/mol. The zero-order chi connectivity index (χ0) is 22.7. The second-order valence-electron chi connectivity index (χ2n) is 8.39. The Bertz CT molecular complexity index is 1660. The fourth-order valence-corrected chi connectivity index (χ4v) is 5.84. The van der Waals surface area contributed by atoms with Crippen LogP contribution in [-0.4, -0.2) is 9.97 Å². The highest BCUT2D eigenvalue weighted by atomic mass is 127. The molecule has 6 rings (SSSR count). The van der Waals surface area contributed by atoms with Crippen LogP contribution in [0.5, 0.6) is 0 Å². The predicted octanol–water partition coefficient (Wildman–Crippen LogP) is 7.32. The third-order valence-corrected chi connectivity index (χ3v) is 7.89. The molecule has 0 radical (unpaired) electrons.